The van der Waals surface area contributed by atoms with Crippen molar-refractivity contribution in [3.05, 3.63) is 87.7 Å². The molecule has 3 rings (SSSR count). The Kier molecular flexibility index (Phi) is 5.77. The highest BCUT2D eigenvalue weighted by molar-refractivity contribution is 6.30. The summed E-state index contributed by atoms with van der Waals surface area (Å²) in [5.74, 6) is 0.728. The molecule has 1 heterocycles. The Hall–Kier alpha value is -2.85. The third kappa shape index (κ3) is 4.66. The highest BCUT2D eigenvalue weighted by Crippen LogP contribution is 2.22. The largest absolute Gasteiger partial charge is 0.496 e. The molecule has 0 fully saturated rings. The van der Waals surface area contributed by atoms with Crippen molar-refractivity contribution < 1.29 is 9.53 Å². The SMILES string of the molecule is COc1ccc(/C=C/C(=O)c2ccc(Cl)cc2)cc1Cn1nc(C)cc1C. The zero-order valence-electron chi connectivity index (χ0n) is 15.6. The molecule has 138 valence electrons. The fourth-order valence-electron chi connectivity index (χ4n) is 2.90. The molecule has 5 heteroatoms. The Labute approximate surface area is 164 Å². The molecule has 0 aliphatic carbocycles. The van der Waals surface area contributed by atoms with E-state index in [1.165, 1.54) is 0 Å². The molecule has 0 aliphatic heterocycles. The highest BCUT2D eigenvalue weighted by Gasteiger charge is 2.08. The van der Waals surface area contributed by atoms with Crippen LogP contribution in [0.2, 0.25) is 5.02 Å². The number of nitrogens with zero attached hydrogens (tertiary/aromatic N) is 2. The smallest absolute Gasteiger partial charge is 0.185 e. The van der Waals surface area contributed by atoms with Gasteiger partial charge in [0.25, 0.3) is 0 Å². The molecule has 1 aromatic heterocycles. The van der Waals surface area contributed by atoms with Gasteiger partial charge in [0, 0.05) is 21.8 Å². The Bertz CT molecular complexity index is 988. The van der Waals surface area contributed by atoms with Crippen molar-refractivity contribution in [3.63, 3.8) is 0 Å². The lowest BCUT2D eigenvalue weighted by atomic mass is 10.1. The standard InChI is InChI=1S/C22H21ClN2O2/c1-15-12-16(2)25(24-15)14-19-13-17(5-11-22(19)27-3)4-10-21(26)18-6-8-20(23)9-7-18/h4-13H,14H2,1-3H3/b10-4+. The maximum atomic E-state index is 12.3. The van der Waals surface area contributed by atoms with E-state index in [-0.39, 0.29) is 5.78 Å². The molecular weight excluding hydrogens is 360 g/mol. The molecular formula is C22H21ClN2O2. The van der Waals surface area contributed by atoms with E-state index in [0.29, 0.717) is 17.1 Å². The second kappa shape index (κ2) is 8.23. The first-order valence-corrected chi connectivity index (χ1v) is 9.00. The van der Waals surface area contributed by atoms with Gasteiger partial charge in [-0.2, -0.15) is 5.10 Å². The van der Waals surface area contributed by atoms with Crippen LogP contribution in [-0.2, 0) is 6.54 Å². The number of allylic oxidation sites excluding steroid dienone is 1. The summed E-state index contributed by atoms with van der Waals surface area (Å²) < 4.78 is 7.42. The molecule has 0 radical (unpaired) electrons. The predicted octanol–water partition coefficient (Wildman–Crippen LogP) is 5.11. The lowest BCUT2D eigenvalue weighted by Crippen LogP contribution is -2.05. The predicted molar refractivity (Wildman–Crippen MR) is 109 cm³/mol. The average molecular weight is 381 g/mol. The number of halogens is 1. The van der Waals surface area contributed by atoms with E-state index in [1.54, 1.807) is 43.5 Å². The van der Waals surface area contributed by atoms with Crippen molar-refractivity contribution >= 4 is 23.5 Å². The summed E-state index contributed by atoms with van der Waals surface area (Å²) >= 11 is 5.87. The molecule has 2 aromatic carbocycles. The van der Waals surface area contributed by atoms with Gasteiger partial charge in [0.05, 0.1) is 19.3 Å². The molecule has 27 heavy (non-hydrogen) atoms. The van der Waals surface area contributed by atoms with Gasteiger partial charge >= 0.3 is 0 Å². The Morgan fingerprint density at radius 1 is 1.15 bits per heavy atom. The van der Waals surface area contributed by atoms with Gasteiger partial charge in [-0.1, -0.05) is 23.7 Å². The summed E-state index contributed by atoms with van der Waals surface area (Å²) in [5, 5.41) is 5.12. The topological polar surface area (TPSA) is 44.1 Å². The van der Waals surface area contributed by atoms with E-state index in [1.807, 2.05) is 42.8 Å². The first-order chi connectivity index (χ1) is 13.0. The minimum atomic E-state index is -0.0671. The zero-order valence-corrected chi connectivity index (χ0v) is 16.3. The van der Waals surface area contributed by atoms with Crippen LogP contribution < -0.4 is 4.74 Å². The molecule has 0 saturated carbocycles. The third-order valence-corrected chi connectivity index (χ3v) is 4.54. The van der Waals surface area contributed by atoms with Crippen LogP contribution in [0.15, 0.2) is 54.6 Å². The summed E-state index contributed by atoms with van der Waals surface area (Å²) in [6, 6.07) is 14.8. The van der Waals surface area contributed by atoms with Gasteiger partial charge in [0.1, 0.15) is 5.75 Å². The maximum absolute atomic E-state index is 12.3. The second-order valence-corrected chi connectivity index (χ2v) is 6.80. The number of hydrogen-bond donors (Lipinski definition) is 0. The number of rotatable bonds is 6. The molecule has 0 spiro atoms. The van der Waals surface area contributed by atoms with E-state index in [2.05, 4.69) is 5.10 Å². The van der Waals surface area contributed by atoms with Gasteiger partial charge in [-0.25, -0.2) is 0 Å². The summed E-state index contributed by atoms with van der Waals surface area (Å²) in [6.07, 6.45) is 3.37. The molecule has 4 nitrogen and oxygen atoms in total. The third-order valence-electron chi connectivity index (χ3n) is 4.28. The van der Waals surface area contributed by atoms with Crippen LogP contribution in [-0.4, -0.2) is 22.7 Å². The van der Waals surface area contributed by atoms with Crippen LogP contribution in [0.25, 0.3) is 6.08 Å². The Morgan fingerprint density at radius 2 is 1.89 bits per heavy atom. The van der Waals surface area contributed by atoms with Gasteiger partial charge in [0.15, 0.2) is 5.78 Å². The quantitative estimate of drug-likeness (QED) is 0.441. The van der Waals surface area contributed by atoms with Crippen molar-refractivity contribution in [3.8, 4) is 5.75 Å². The van der Waals surface area contributed by atoms with Crippen LogP contribution in [0.5, 0.6) is 5.75 Å². The van der Waals surface area contributed by atoms with Crippen molar-refractivity contribution in [2.24, 2.45) is 0 Å². The summed E-state index contributed by atoms with van der Waals surface area (Å²) in [7, 11) is 1.65. The molecule has 0 bridgehead atoms. The monoisotopic (exact) mass is 380 g/mol. The van der Waals surface area contributed by atoms with Crippen LogP contribution in [0, 0.1) is 13.8 Å². The van der Waals surface area contributed by atoms with Gasteiger partial charge in [-0.15, -0.1) is 0 Å². The number of aromatic nitrogens is 2. The minimum absolute atomic E-state index is 0.0671. The number of carbonyl (C=O) groups excluding carboxylic acids is 1. The van der Waals surface area contributed by atoms with Crippen molar-refractivity contribution in [2.45, 2.75) is 20.4 Å². The summed E-state index contributed by atoms with van der Waals surface area (Å²) in [4.78, 5) is 12.3. The number of methoxy groups -OCH3 is 1. The van der Waals surface area contributed by atoms with E-state index in [4.69, 9.17) is 16.3 Å². The van der Waals surface area contributed by atoms with Crippen LogP contribution in [0.4, 0.5) is 0 Å². The molecule has 0 saturated heterocycles. The Morgan fingerprint density at radius 3 is 2.52 bits per heavy atom. The van der Waals surface area contributed by atoms with Gasteiger partial charge in [-0.3, -0.25) is 9.48 Å². The van der Waals surface area contributed by atoms with Gasteiger partial charge in [-0.05, 0) is 68.0 Å². The highest BCUT2D eigenvalue weighted by atomic mass is 35.5. The zero-order chi connectivity index (χ0) is 19.4. The van der Waals surface area contributed by atoms with Gasteiger partial charge < -0.3 is 4.74 Å². The average Bonchev–Trinajstić information content (AvgIpc) is 2.97. The molecule has 0 aliphatic rings. The number of benzene rings is 2. The van der Waals surface area contributed by atoms with Crippen molar-refractivity contribution in [1.29, 1.82) is 0 Å². The number of ether oxygens (including phenoxy) is 1. The number of aryl methyl sites for hydroxylation is 2. The number of hydrogen-bond acceptors (Lipinski definition) is 3. The van der Waals surface area contributed by atoms with Crippen LogP contribution >= 0.6 is 11.6 Å². The normalized spacial score (nSPS) is 11.1. The Balaban J connectivity index is 1.83. The van der Waals surface area contributed by atoms with Crippen LogP contribution in [0.3, 0.4) is 0 Å². The molecule has 0 amide bonds. The first-order valence-electron chi connectivity index (χ1n) is 8.62. The van der Waals surface area contributed by atoms with Crippen LogP contribution in [0.1, 0.15) is 32.9 Å². The molecule has 0 unspecified atom stereocenters. The first kappa shape index (κ1) is 18.9. The lowest BCUT2D eigenvalue weighted by Gasteiger charge is -2.11. The minimum Gasteiger partial charge on any atom is -0.496 e. The van der Waals surface area contributed by atoms with E-state index in [9.17, 15) is 4.79 Å². The second-order valence-electron chi connectivity index (χ2n) is 6.36. The van der Waals surface area contributed by atoms with Crippen molar-refractivity contribution in [1.82, 2.24) is 9.78 Å². The van der Waals surface area contributed by atoms with E-state index >= 15 is 0 Å². The number of ketones is 1. The fourth-order valence-corrected chi connectivity index (χ4v) is 3.03. The molecule has 0 atom stereocenters. The maximum Gasteiger partial charge on any atom is 0.185 e. The van der Waals surface area contributed by atoms with Crippen molar-refractivity contribution in [2.75, 3.05) is 7.11 Å². The summed E-state index contributed by atoms with van der Waals surface area (Å²) in [5.41, 5.74) is 4.61. The summed E-state index contributed by atoms with van der Waals surface area (Å²) in [6.45, 7) is 4.61. The van der Waals surface area contributed by atoms with E-state index < -0.39 is 0 Å². The fraction of sp³-hybridized carbons (Fsp3) is 0.182. The number of carbonyl (C=O) groups is 1. The molecule has 3 aromatic rings. The van der Waals surface area contributed by atoms with Gasteiger partial charge in [0.2, 0.25) is 0 Å². The van der Waals surface area contributed by atoms with E-state index in [0.717, 1.165) is 28.3 Å². The lowest BCUT2D eigenvalue weighted by molar-refractivity contribution is 0.104. The molecule has 0 N–H and O–H groups in total.